The number of rotatable bonds is 2. The van der Waals surface area contributed by atoms with E-state index in [1.54, 1.807) is 18.4 Å². The maximum absolute atomic E-state index is 11.7. The summed E-state index contributed by atoms with van der Waals surface area (Å²) in [7, 11) is 0. The molecule has 0 unspecified atom stereocenters. The minimum atomic E-state index is -0.328. The summed E-state index contributed by atoms with van der Waals surface area (Å²) < 4.78 is 9.97. The van der Waals surface area contributed by atoms with Crippen molar-refractivity contribution in [1.82, 2.24) is 5.16 Å². The number of aromatic nitrogens is 1. The van der Waals surface area contributed by atoms with E-state index in [0.29, 0.717) is 5.69 Å². The van der Waals surface area contributed by atoms with Crippen molar-refractivity contribution in [2.45, 2.75) is 0 Å². The third kappa shape index (κ3) is 1.78. The van der Waals surface area contributed by atoms with Gasteiger partial charge in [0.05, 0.1) is 12.5 Å². The zero-order chi connectivity index (χ0) is 11.7. The first-order valence-corrected chi connectivity index (χ1v) is 5.02. The Morgan fingerprint density at radius 3 is 3.00 bits per heavy atom. The maximum Gasteiger partial charge on any atom is 0.294 e. The number of hydrogen-bond donors (Lipinski definition) is 1. The number of nitrogens with one attached hydrogen (secondary N) is 1. The van der Waals surface area contributed by atoms with Gasteiger partial charge in [0.2, 0.25) is 5.76 Å². The molecular formula is C12H8N2O3. The van der Waals surface area contributed by atoms with Crippen LogP contribution in [0.2, 0.25) is 0 Å². The quantitative estimate of drug-likeness (QED) is 0.732. The van der Waals surface area contributed by atoms with Gasteiger partial charge in [0.15, 0.2) is 0 Å². The van der Waals surface area contributed by atoms with E-state index in [4.69, 9.17) is 8.94 Å². The summed E-state index contributed by atoms with van der Waals surface area (Å²) in [6.45, 7) is 0. The van der Waals surface area contributed by atoms with Gasteiger partial charge >= 0.3 is 0 Å². The monoisotopic (exact) mass is 228 g/mol. The van der Waals surface area contributed by atoms with Crippen LogP contribution in [0.5, 0.6) is 0 Å². The molecule has 2 heterocycles. The van der Waals surface area contributed by atoms with E-state index in [-0.39, 0.29) is 11.7 Å². The van der Waals surface area contributed by atoms with Gasteiger partial charge in [0.25, 0.3) is 5.91 Å². The maximum atomic E-state index is 11.7. The van der Waals surface area contributed by atoms with E-state index in [0.717, 1.165) is 11.0 Å². The van der Waals surface area contributed by atoms with Crippen molar-refractivity contribution in [1.29, 1.82) is 0 Å². The first-order chi connectivity index (χ1) is 8.33. The van der Waals surface area contributed by atoms with Crippen molar-refractivity contribution < 1.29 is 13.7 Å². The zero-order valence-corrected chi connectivity index (χ0v) is 8.71. The molecule has 2 aromatic heterocycles. The molecule has 0 fully saturated rings. The third-order valence-electron chi connectivity index (χ3n) is 2.37. The molecule has 1 N–H and O–H groups in total. The van der Waals surface area contributed by atoms with Crippen LogP contribution in [0.3, 0.4) is 0 Å². The molecule has 5 nitrogen and oxygen atoms in total. The predicted molar refractivity (Wildman–Crippen MR) is 60.7 cm³/mol. The average molecular weight is 228 g/mol. The zero-order valence-electron chi connectivity index (χ0n) is 8.71. The van der Waals surface area contributed by atoms with Gasteiger partial charge in [-0.1, -0.05) is 5.16 Å². The van der Waals surface area contributed by atoms with Gasteiger partial charge < -0.3 is 14.3 Å². The molecule has 84 valence electrons. The van der Waals surface area contributed by atoms with Crippen molar-refractivity contribution in [2.75, 3.05) is 5.32 Å². The normalized spacial score (nSPS) is 10.6. The van der Waals surface area contributed by atoms with Crippen LogP contribution in [0.1, 0.15) is 10.6 Å². The van der Waals surface area contributed by atoms with E-state index >= 15 is 0 Å². The minimum absolute atomic E-state index is 0.178. The van der Waals surface area contributed by atoms with Crippen LogP contribution >= 0.6 is 0 Å². The molecule has 0 radical (unpaired) electrons. The molecule has 3 aromatic rings. The fourth-order valence-electron chi connectivity index (χ4n) is 1.57. The number of fused-ring (bicyclic) bond motifs is 1. The lowest BCUT2D eigenvalue weighted by Gasteiger charge is -2.01. The Bertz CT molecular complexity index is 655. The summed E-state index contributed by atoms with van der Waals surface area (Å²) in [5.74, 6) is -0.150. The third-order valence-corrected chi connectivity index (χ3v) is 2.37. The molecule has 17 heavy (non-hydrogen) atoms. The second-order valence-electron chi connectivity index (χ2n) is 3.50. The van der Waals surface area contributed by atoms with Gasteiger partial charge in [0, 0.05) is 17.1 Å². The lowest BCUT2D eigenvalue weighted by molar-refractivity contribution is 0.0988. The summed E-state index contributed by atoms with van der Waals surface area (Å²) in [5.41, 5.74) is 1.46. The summed E-state index contributed by atoms with van der Waals surface area (Å²) in [6.07, 6.45) is 3.03. The van der Waals surface area contributed by atoms with Gasteiger partial charge in [-0.05, 0) is 24.3 Å². The molecule has 0 saturated carbocycles. The number of carbonyl (C=O) groups excluding carboxylic acids is 1. The topological polar surface area (TPSA) is 68.3 Å². The Labute approximate surface area is 96.0 Å². The molecule has 0 aliphatic carbocycles. The van der Waals surface area contributed by atoms with Gasteiger partial charge in [-0.25, -0.2) is 0 Å². The Morgan fingerprint density at radius 2 is 2.18 bits per heavy atom. The number of furan rings is 1. The van der Waals surface area contributed by atoms with Crippen molar-refractivity contribution in [3.05, 3.63) is 48.6 Å². The number of benzene rings is 1. The molecule has 3 rings (SSSR count). The number of hydrogen-bond acceptors (Lipinski definition) is 4. The number of anilines is 1. The molecule has 0 bridgehead atoms. The minimum Gasteiger partial charge on any atom is -0.464 e. The second kappa shape index (κ2) is 3.79. The Kier molecular flexibility index (Phi) is 2.15. The van der Waals surface area contributed by atoms with Gasteiger partial charge in [-0.15, -0.1) is 0 Å². The Morgan fingerprint density at radius 1 is 1.24 bits per heavy atom. The Hall–Kier alpha value is -2.56. The van der Waals surface area contributed by atoms with E-state index in [9.17, 15) is 4.79 Å². The highest BCUT2D eigenvalue weighted by atomic mass is 16.5. The van der Waals surface area contributed by atoms with Crippen molar-refractivity contribution in [3.8, 4) is 0 Å². The fourth-order valence-corrected chi connectivity index (χ4v) is 1.57. The van der Waals surface area contributed by atoms with E-state index in [2.05, 4.69) is 10.5 Å². The highest BCUT2D eigenvalue weighted by Crippen LogP contribution is 2.20. The largest absolute Gasteiger partial charge is 0.464 e. The SMILES string of the molecule is O=C(Nc1ccc2occc2c1)c1ccno1. The van der Waals surface area contributed by atoms with Crippen LogP contribution in [-0.4, -0.2) is 11.1 Å². The van der Waals surface area contributed by atoms with Crippen LogP contribution in [0.25, 0.3) is 11.0 Å². The van der Waals surface area contributed by atoms with E-state index in [1.165, 1.54) is 12.3 Å². The molecule has 5 heteroatoms. The van der Waals surface area contributed by atoms with Crippen LogP contribution in [0.15, 0.2) is 51.7 Å². The fraction of sp³-hybridized carbons (Fsp3) is 0. The predicted octanol–water partition coefficient (Wildman–Crippen LogP) is 2.67. The average Bonchev–Trinajstić information content (AvgIpc) is 2.99. The highest BCUT2D eigenvalue weighted by molar-refractivity contribution is 6.03. The summed E-state index contributed by atoms with van der Waals surface area (Å²) in [4.78, 5) is 11.7. The molecule has 1 aromatic carbocycles. The summed E-state index contributed by atoms with van der Waals surface area (Å²) >= 11 is 0. The number of amides is 1. The standard InChI is InChI=1S/C12H8N2O3/c15-12(11-3-5-13-17-11)14-9-1-2-10-8(7-9)4-6-16-10/h1-7H,(H,14,15). The highest BCUT2D eigenvalue weighted by Gasteiger charge is 2.10. The van der Waals surface area contributed by atoms with Crippen LogP contribution in [-0.2, 0) is 0 Å². The summed E-state index contributed by atoms with van der Waals surface area (Å²) in [5, 5.41) is 7.12. The lowest BCUT2D eigenvalue weighted by Crippen LogP contribution is -2.10. The van der Waals surface area contributed by atoms with Crippen molar-refractivity contribution in [2.24, 2.45) is 0 Å². The van der Waals surface area contributed by atoms with Crippen molar-refractivity contribution in [3.63, 3.8) is 0 Å². The first kappa shape index (κ1) is 9.65. The molecule has 0 aliphatic heterocycles. The molecular weight excluding hydrogens is 220 g/mol. The van der Waals surface area contributed by atoms with Gasteiger partial charge in [-0.2, -0.15) is 0 Å². The van der Waals surface area contributed by atoms with E-state index < -0.39 is 0 Å². The van der Waals surface area contributed by atoms with E-state index in [1.807, 2.05) is 12.1 Å². The van der Waals surface area contributed by atoms with Crippen LogP contribution < -0.4 is 5.32 Å². The number of carbonyl (C=O) groups is 1. The molecule has 1 amide bonds. The summed E-state index contributed by atoms with van der Waals surface area (Å²) in [6, 6.07) is 8.73. The number of nitrogens with zero attached hydrogens (tertiary/aromatic N) is 1. The smallest absolute Gasteiger partial charge is 0.294 e. The molecule has 0 spiro atoms. The van der Waals surface area contributed by atoms with Crippen LogP contribution in [0.4, 0.5) is 5.69 Å². The lowest BCUT2D eigenvalue weighted by atomic mass is 10.2. The van der Waals surface area contributed by atoms with Crippen molar-refractivity contribution >= 4 is 22.6 Å². The first-order valence-electron chi connectivity index (χ1n) is 5.02. The van der Waals surface area contributed by atoms with Crippen LogP contribution in [0, 0.1) is 0 Å². The molecule has 0 saturated heterocycles. The van der Waals surface area contributed by atoms with Gasteiger partial charge in [-0.3, -0.25) is 4.79 Å². The second-order valence-corrected chi connectivity index (χ2v) is 3.50. The van der Waals surface area contributed by atoms with Gasteiger partial charge in [0.1, 0.15) is 5.58 Å². The Balaban J connectivity index is 1.87. The molecule has 0 aliphatic rings. The molecule has 0 atom stereocenters.